The van der Waals surface area contributed by atoms with Gasteiger partial charge in [-0.3, -0.25) is 5.43 Å². The van der Waals surface area contributed by atoms with Gasteiger partial charge in [0.05, 0.1) is 59.3 Å². The molecule has 1 aliphatic carbocycles. The lowest BCUT2D eigenvalue weighted by molar-refractivity contribution is -0.137. The first kappa shape index (κ1) is 50.3. The van der Waals surface area contributed by atoms with Gasteiger partial charge >= 0.3 is 5.97 Å². The highest BCUT2D eigenvalue weighted by molar-refractivity contribution is 7.22. The highest BCUT2D eigenvalue weighted by Crippen LogP contribution is 2.35. The summed E-state index contributed by atoms with van der Waals surface area (Å²) in [4.78, 5) is 20.9. The Hall–Kier alpha value is -7.09. The first-order valence-electron chi connectivity index (χ1n) is 24.6. The lowest BCUT2D eigenvalue weighted by atomic mass is 9.91. The molecule has 0 aliphatic heterocycles. The zero-order valence-electron chi connectivity index (χ0n) is 40.5. The number of rotatable bonds is 27. The molecule has 0 amide bonds. The van der Waals surface area contributed by atoms with Crippen LogP contribution in [0, 0.1) is 0 Å². The number of nitrogens with one attached hydrogen (secondary N) is 1. The van der Waals surface area contributed by atoms with Gasteiger partial charge in [-0.1, -0.05) is 84.4 Å². The Bertz CT molecular complexity index is 2880. The van der Waals surface area contributed by atoms with Crippen LogP contribution in [0.3, 0.4) is 0 Å². The minimum absolute atomic E-state index is 0.382. The van der Waals surface area contributed by atoms with E-state index in [-0.39, 0.29) is 5.97 Å². The lowest BCUT2D eigenvalue weighted by Crippen LogP contribution is -2.09. The number of carbonyl (C=O) groups excluding carboxylic acids is 1. The average Bonchev–Trinajstić information content (AvgIpc) is 4.20. The van der Waals surface area contributed by atoms with Crippen LogP contribution in [0.2, 0.25) is 0 Å². The SMILES string of the molecule is C=CC(=O)OCCCCCCOc1ccc(-c2cc(/C=N/Nc3nc4ccccc4s3)c(-c3ccc(OCCCCCCOC(C=C)=C4CCCC4)cc3)cc2/C=N/N(C)c2nc3ccccc3s2)cc1. The predicted octanol–water partition coefficient (Wildman–Crippen LogP) is 14.8. The maximum Gasteiger partial charge on any atom is 0.330 e. The third-order valence-electron chi connectivity index (χ3n) is 12.2. The number of allylic oxidation sites excluding steroid dienone is 2. The molecule has 1 N–H and O–H groups in total. The molecule has 0 saturated heterocycles. The van der Waals surface area contributed by atoms with Crippen LogP contribution in [-0.4, -0.2) is 61.8 Å². The fraction of sp³-hybridized carbons (Fsp3) is 0.293. The molecule has 71 heavy (non-hydrogen) atoms. The molecule has 1 fully saturated rings. The first-order chi connectivity index (χ1) is 34.9. The Kier molecular flexibility index (Phi) is 18.6. The van der Waals surface area contributed by atoms with Crippen molar-refractivity contribution in [1.82, 2.24) is 9.97 Å². The molecule has 0 atom stereocenters. The summed E-state index contributed by atoms with van der Waals surface area (Å²) in [5, 5.41) is 13.0. The number of para-hydroxylation sites is 2. The molecular weight excluding hydrogens is 925 g/mol. The van der Waals surface area contributed by atoms with E-state index in [1.807, 2.05) is 91.2 Å². The fourth-order valence-corrected chi connectivity index (χ4v) is 10.0. The molecule has 0 spiro atoms. The molecule has 7 aromatic rings. The summed E-state index contributed by atoms with van der Waals surface area (Å²) in [6, 6.07) is 37.0. The molecule has 11 nitrogen and oxygen atoms in total. The smallest absolute Gasteiger partial charge is 0.330 e. The molecule has 1 saturated carbocycles. The van der Waals surface area contributed by atoms with Gasteiger partial charge in [0.1, 0.15) is 17.3 Å². The molecule has 1 aliphatic rings. The predicted molar refractivity (Wildman–Crippen MR) is 294 cm³/mol. The summed E-state index contributed by atoms with van der Waals surface area (Å²) in [6.07, 6.45) is 19.4. The zero-order valence-corrected chi connectivity index (χ0v) is 42.2. The van der Waals surface area contributed by atoms with Gasteiger partial charge in [0.2, 0.25) is 10.3 Å². The molecule has 13 heteroatoms. The second kappa shape index (κ2) is 26.2. The largest absolute Gasteiger partial charge is 0.494 e. The Morgan fingerprint density at radius 3 is 1.75 bits per heavy atom. The third-order valence-corrected chi connectivity index (χ3v) is 14.2. The number of nitrogens with zero attached hydrogens (tertiary/aromatic N) is 5. The van der Waals surface area contributed by atoms with Crippen molar-refractivity contribution in [2.75, 3.05) is 43.9 Å². The summed E-state index contributed by atoms with van der Waals surface area (Å²) in [5.74, 6) is 2.24. The Morgan fingerprint density at radius 2 is 1.18 bits per heavy atom. The van der Waals surface area contributed by atoms with Crippen LogP contribution in [0.4, 0.5) is 10.3 Å². The number of aromatic nitrogens is 2. The van der Waals surface area contributed by atoms with Gasteiger partial charge in [-0.2, -0.15) is 10.2 Å². The molecule has 2 heterocycles. The van der Waals surface area contributed by atoms with E-state index in [1.54, 1.807) is 22.7 Å². The van der Waals surface area contributed by atoms with E-state index in [0.717, 1.165) is 147 Å². The Morgan fingerprint density at radius 1 is 0.648 bits per heavy atom. The Balaban J connectivity index is 1.00. The maximum absolute atomic E-state index is 11.3. The average molecular weight is 987 g/mol. The number of unbranched alkanes of at least 4 members (excludes halogenated alkanes) is 6. The monoisotopic (exact) mass is 986 g/mol. The molecule has 0 unspecified atom stereocenters. The maximum atomic E-state index is 11.3. The van der Waals surface area contributed by atoms with Gasteiger partial charge in [-0.05, 0) is 172 Å². The van der Waals surface area contributed by atoms with E-state index < -0.39 is 0 Å². The molecule has 2 aromatic heterocycles. The van der Waals surface area contributed by atoms with Crippen LogP contribution < -0.4 is 19.9 Å². The van der Waals surface area contributed by atoms with Gasteiger partial charge in [0, 0.05) is 24.3 Å². The van der Waals surface area contributed by atoms with Crippen molar-refractivity contribution in [2.45, 2.75) is 77.0 Å². The summed E-state index contributed by atoms with van der Waals surface area (Å²) < 4.78 is 25.8. The van der Waals surface area contributed by atoms with Crippen molar-refractivity contribution in [2.24, 2.45) is 10.2 Å². The third kappa shape index (κ3) is 14.5. The number of hydrogen-bond acceptors (Lipinski definition) is 13. The molecule has 5 aromatic carbocycles. The highest BCUT2D eigenvalue weighted by atomic mass is 32.1. The van der Waals surface area contributed by atoms with Crippen molar-refractivity contribution in [3.05, 3.63) is 157 Å². The molecule has 0 radical (unpaired) electrons. The van der Waals surface area contributed by atoms with Crippen LogP contribution >= 0.6 is 22.7 Å². The normalized spacial score (nSPS) is 12.5. The van der Waals surface area contributed by atoms with Crippen LogP contribution in [0.5, 0.6) is 11.5 Å². The summed E-state index contributed by atoms with van der Waals surface area (Å²) in [7, 11) is 1.93. The van der Waals surface area contributed by atoms with E-state index in [0.29, 0.717) is 25.0 Å². The molecule has 8 rings (SSSR count). The van der Waals surface area contributed by atoms with E-state index in [1.165, 1.54) is 24.5 Å². The first-order valence-corrected chi connectivity index (χ1v) is 26.3. The highest BCUT2D eigenvalue weighted by Gasteiger charge is 2.15. The summed E-state index contributed by atoms with van der Waals surface area (Å²) in [5.41, 5.74) is 12.3. The van der Waals surface area contributed by atoms with Gasteiger partial charge < -0.3 is 18.9 Å². The number of carbonyl (C=O) groups is 1. The zero-order chi connectivity index (χ0) is 49.0. The number of fused-ring (bicyclic) bond motifs is 2. The number of ether oxygens (including phenoxy) is 4. The second-order valence-electron chi connectivity index (χ2n) is 17.3. The minimum atomic E-state index is -0.382. The van der Waals surface area contributed by atoms with E-state index in [4.69, 9.17) is 39.1 Å². The van der Waals surface area contributed by atoms with Crippen molar-refractivity contribution in [1.29, 1.82) is 0 Å². The summed E-state index contributed by atoms with van der Waals surface area (Å²) >= 11 is 3.16. The van der Waals surface area contributed by atoms with Gasteiger partial charge in [-0.15, -0.1) is 0 Å². The number of hydrazone groups is 2. The second-order valence-corrected chi connectivity index (χ2v) is 19.3. The quantitative estimate of drug-likeness (QED) is 0.0134. The van der Waals surface area contributed by atoms with E-state index in [9.17, 15) is 4.79 Å². The van der Waals surface area contributed by atoms with Gasteiger partial charge in [0.25, 0.3) is 0 Å². The van der Waals surface area contributed by atoms with Crippen molar-refractivity contribution in [3.63, 3.8) is 0 Å². The van der Waals surface area contributed by atoms with Crippen LogP contribution in [0.25, 0.3) is 42.7 Å². The number of thiazole rings is 2. The molecule has 366 valence electrons. The number of benzene rings is 5. The van der Waals surface area contributed by atoms with Crippen molar-refractivity contribution in [3.8, 4) is 33.8 Å². The fourth-order valence-electron chi connectivity index (χ4n) is 8.34. The van der Waals surface area contributed by atoms with Crippen LogP contribution in [-0.2, 0) is 14.3 Å². The summed E-state index contributed by atoms with van der Waals surface area (Å²) in [6.45, 7) is 9.79. The number of hydrogen-bond donors (Lipinski definition) is 1. The van der Waals surface area contributed by atoms with Crippen LogP contribution in [0.1, 0.15) is 88.2 Å². The molecule has 0 bridgehead atoms. The lowest BCUT2D eigenvalue weighted by Gasteiger charge is -2.15. The van der Waals surface area contributed by atoms with Crippen molar-refractivity contribution < 1.29 is 23.7 Å². The molecular formula is C58H62N6O5S2. The van der Waals surface area contributed by atoms with Gasteiger partial charge in [-0.25, -0.2) is 19.8 Å². The van der Waals surface area contributed by atoms with E-state index >= 15 is 0 Å². The van der Waals surface area contributed by atoms with Crippen molar-refractivity contribution >= 4 is 71.8 Å². The standard InChI is InChI=1S/C58H62N6O5S2/c1-4-53(44-20-10-11-21-44)68-36-18-8-6-16-34-66-47-30-26-42(27-31-47)49-39-46(41-60-64(3)58-62-52-23-13-15-25-55(52)71-58)50(38-45(49)40-59-63-57-61-51-22-12-14-24-54(51)70-57)43-28-32-48(33-29-43)67-35-17-7-9-19-37-69-56(65)5-2/h4-5,12-15,22-33,38-41H,1-2,6-11,16-21,34-37H2,3H3,(H,61,63)/b59-40+,60-41+. The minimum Gasteiger partial charge on any atom is -0.494 e. The van der Waals surface area contributed by atoms with Gasteiger partial charge in [0.15, 0.2) is 0 Å². The van der Waals surface area contributed by atoms with Crippen LogP contribution in [0.15, 0.2) is 156 Å². The number of esters is 1. The Labute approximate surface area is 425 Å². The topological polar surface area (TPSA) is 120 Å². The number of anilines is 2. The van der Waals surface area contributed by atoms with E-state index in [2.05, 4.69) is 67.1 Å².